The Bertz CT molecular complexity index is 729. The van der Waals surface area contributed by atoms with E-state index in [1.807, 2.05) is 43.3 Å². The predicted octanol–water partition coefficient (Wildman–Crippen LogP) is 3.43. The Kier molecular flexibility index (Phi) is 4.06. The maximum atomic E-state index is 12.9. The first-order valence-corrected chi connectivity index (χ1v) is 9.33. The number of rotatable bonds is 3. The normalized spacial score (nSPS) is 19.8. The summed E-state index contributed by atoms with van der Waals surface area (Å²) < 4.78 is 27.4. The van der Waals surface area contributed by atoms with E-state index in [-0.39, 0.29) is 5.37 Å². The minimum absolute atomic E-state index is 0.128. The van der Waals surface area contributed by atoms with Crippen molar-refractivity contribution in [2.75, 3.05) is 12.3 Å². The van der Waals surface area contributed by atoms with Gasteiger partial charge in [0.1, 0.15) is 0 Å². The number of benzene rings is 2. The molecule has 0 saturated carbocycles. The molecular formula is C16H17NO2S2. The Morgan fingerprint density at radius 1 is 1.10 bits per heavy atom. The highest BCUT2D eigenvalue weighted by Gasteiger charge is 2.36. The molecule has 2 aromatic carbocycles. The second kappa shape index (κ2) is 5.83. The summed E-state index contributed by atoms with van der Waals surface area (Å²) >= 11 is 1.68. The molecule has 110 valence electrons. The first-order valence-electron chi connectivity index (χ1n) is 6.84. The molecule has 0 bridgehead atoms. The largest absolute Gasteiger partial charge is 0.244 e. The molecule has 1 atom stereocenters. The fourth-order valence-corrected chi connectivity index (χ4v) is 5.84. The molecule has 0 amide bonds. The van der Waals surface area contributed by atoms with Crippen molar-refractivity contribution in [1.29, 1.82) is 0 Å². The maximum absolute atomic E-state index is 12.9. The average Bonchev–Trinajstić information content (AvgIpc) is 2.98. The highest BCUT2D eigenvalue weighted by molar-refractivity contribution is 8.01. The third-order valence-electron chi connectivity index (χ3n) is 3.53. The van der Waals surface area contributed by atoms with Crippen molar-refractivity contribution < 1.29 is 8.42 Å². The zero-order valence-electron chi connectivity index (χ0n) is 11.8. The topological polar surface area (TPSA) is 37.4 Å². The van der Waals surface area contributed by atoms with Gasteiger partial charge >= 0.3 is 0 Å². The maximum Gasteiger partial charge on any atom is 0.244 e. The summed E-state index contributed by atoms with van der Waals surface area (Å²) in [6.07, 6.45) is 0. The molecule has 21 heavy (non-hydrogen) atoms. The van der Waals surface area contributed by atoms with Crippen LogP contribution < -0.4 is 0 Å². The van der Waals surface area contributed by atoms with Crippen LogP contribution in [0.25, 0.3) is 0 Å². The predicted molar refractivity (Wildman–Crippen MR) is 86.7 cm³/mol. The fourth-order valence-electron chi connectivity index (χ4n) is 2.49. The van der Waals surface area contributed by atoms with Crippen LogP contribution in [-0.2, 0) is 10.0 Å². The van der Waals surface area contributed by atoms with Gasteiger partial charge in [-0.15, -0.1) is 11.8 Å². The molecule has 0 N–H and O–H groups in total. The van der Waals surface area contributed by atoms with E-state index in [0.29, 0.717) is 11.4 Å². The van der Waals surface area contributed by atoms with Gasteiger partial charge in [-0.05, 0) is 30.2 Å². The highest BCUT2D eigenvalue weighted by atomic mass is 32.2. The van der Waals surface area contributed by atoms with Gasteiger partial charge in [0.05, 0.1) is 10.3 Å². The average molecular weight is 319 g/mol. The Morgan fingerprint density at radius 3 is 2.57 bits per heavy atom. The molecule has 2 aromatic rings. The van der Waals surface area contributed by atoms with Crippen molar-refractivity contribution in [3.8, 4) is 0 Å². The highest BCUT2D eigenvalue weighted by Crippen LogP contribution is 2.41. The number of thioether (sulfide) groups is 1. The minimum atomic E-state index is -3.45. The number of sulfonamides is 1. The van der Waals surface area contributed by atoms with Crippen LogP contribution in [0.4, 0.5) is 0 Å². The molecule has 1 saturated heterocycles. The third-order valence-corrected chi connectivity index (χ3v) is 6.78. The van der Waals surface area contributed by atoms with E-state index in [9.17, 15) is 8.42 Å². The monoisotopic (exact) mass is 319 g/mol. The first kappa shape index (κ1) is 14.6. The number of aryl methyl sites for hydroxylation is 1. The number of nitrogens with zero attached hydrogens (tertiary/aromatic N) is 1. The lowest BCUT2D eigenvalue weighted by Gasteiger charge is -2.23. The zero-order valence-corrected chi connectivity index (χ0v) is 13.4. The van der Waals surface area contributed by atoms with Gasteiger partial charge in [0, 0.05) is 12.3 Å². The quantitative estimate of drug-likeness (QED) is 0.870. The van der Waals surface area contributed by atoms with Gasteiger partial charge < -0.3 is 0 Å². The Hall–Kier alpha value is -1.30. The van der Waals surface area contributed by atoms with Gasteiger partial charge in [-0.25, -0.2) is 8.42 Å². The second-order valence-corrected chi connectivity index (χ2v) is 8.14. The summed E-state index contributed by atoms with van der Waals surface area (Å²) in [7, 11) is -3.45. The molecule has 1 fully saturated rings. The van der Waals surface area contributed by atoms with Crippen molar-refractivity contribution in [1.82, 2.24) is 4.31 Å². The van der Waals surface area contributed by atoms with Gasteiger partial charge in [-0.3, -0.25) is 0 Å². The van der Waals surface area contributed by atoms with Gasteiger partial charge in [0.25, 0.3) is 0 Å². The standard InChI is InChI=1S/C16H17NO2S2/c1-13-6-5-9-15(12-13)21(18,19)17-10-11-20-16(17)14-7-3-2-4-8-14/h2-9,12,16H,10-11H2,1H3/t16-/m1/s1. The molecule has 0 aromatic heterocycles. The molecule has 1 aliphatic rings. The van der Waals surface area contributed by atoms with Crippen molar-refractivity contribution in [3.63, 3.8) is 0 Å². The van der Waals surface area contributed by atoms with Crippen molar-refractivity contribution in [3.05, 3.63) is 65.7 Å². The number of hydrogen-bond acceptors (Lipinski definition) is 3. The Labute approximate surface area is 130 Å². The molecular weight excluding hydrogens is 302 g/mol. The van der Waals surface area contributed by atoms with Crippen LogP contribution in [0.1, 0.15) is 16.5 Å². The van der Waals surface area contributed by atoms with E-state index in [1.165, 1.54) is 0 Å². The summed E-state index contributed by atoms with van der Waals surface area (Å²) in [5, 5.41) is -0.128. The van der Waals surface area contributed by atoms with Gasteiger partial charge in [-0.2, -0.15) is 4.31 Å². The van der Waals surface area contributed by atoms with Gasteiger partial charge in [0.2, 0.25) is 10.0 Å². The number of hydrogen-bond donors (Lipinski definition) is 0. The van der Waals surface area contributed by atoms with Crippen LogP contribution in [-0.4, -0.2) is 25.0 Å². The van der Waals surface area contributed by atoms with Gasteiger partial charge in [0.15, 0.2) is 0 Å². The first-order chi connectivity index (χ1) is 10.1. The van der Waals surface area contributed by atoms with Crippen molar-refractivity contribution in [2.45, 2.75) is 17.2 Å². The summed E-state index contributed by atoms with van der Waals surface area (Å²) in [6.45, 7) is 2.47. The molecule has 0 radical (unpaired) electrons. The molecule has 1 aliphatic heterocycles. The molecule has 0 unspecified atom stereocenters. The molecule has 0 spiro atoms. The lowest BCUT2D eigenvalue weighted by Crippen LogP contribution is -2.30. The molecule has 3 nitrogen and oxygen atoms in total. The molecule has 0 aliphatic carbocycles. The van der Waals surface area contributed by atoms with E-state index in [1.54, 1.807) is 34.3 Å². The molecule has 3 rings (SSSR count). The minimum Gasteiger partial charge on any atom is -0.207 e. The van der Waals surface area contributed by atoms with Crippen LogP contribution in [0.2, 0.25) is 0 Å². The molecule has 1 heterocycles. The molecule has 5 heteroatoms. The summed E-state index contributed by atoms with van der Waals surface area (Å²) in [5.41, 5.74) is 2.00. The fraction of sp³-hybridized carbons (Fsp3) is 0.250. The van der Waals surface area contributed by atoms with E-state index < -0.39 is 10.0 Å². The third kappa shape index (κ3) is 2.86. The van der Waals surface area contributed by atoms with E-state index >= 15 is 0 Å². The lowest BCUT2D eigenvalue weighted by molar-refractivity contribution is 0.434. The Balaban J connectivity index is 1.98. The second-order valence-electron chi connectivity index (χ2n) is 5.07. The lowest BCUT2D eigenvalue weighted by atomic mass is 10.2. The summed E-state index contributed by atoms with van der Waals surface area (Å²) in [4.78, 5) is 0.380. The van der Waals surface area contributed by atoms with Crippen molar-refractivity contribution in [2.24, 2.45) is 0 Å². The van der Waals surface area contributed by atoms with Crippen LogP contribution in [0, 0.1) is 6.92 Å². The smallest absolute Gasteiger partial charge is 0.207 e. The van der Waals surface area contributed by atoms with Crippen LogP contribution >= 0.6 is 11.8 Å². The van der Waals surface area contributed by atoms with Crippen LogP contribution in [0.15, 0.2) is 59.5 Å². The van der Waals surface area contributed by atoms with E-state index in [4.69, 9.17) is 0 Å². The summed E-state index contributed by atoms with van der Waals surface area (Å²) in [5.74, 6) is 0.824. The summed E-state index contributed by atoms with van der Waals surface area (Å²) in [6, 6.07) is 16.9. The SMILES string of the molecule is Cc1cccc(S(=O)(=O)N2CCS[C@@H]2c2ccccc2)c1. The zero-order chi connectivity index (χ0) is 14.9. The van der Waals surface area contributed by atoms with E-state index in [0.717, 1.165) is 16.9 Å². The van der Waals surface area contributed by atoms with Crippen LogP contribution in [0.3, 0.4) is 0 Å². The Morgan fingerprint density at radius 2 is 1.86 bits per heavy atom. The van der Waals surface area contributed by atoms with Gasteiger partial charge in [-0.1, -0.05) is 42.5 Å². The van der Waals surface area contributed by atoms with Crippen LogP contribution in [0.5, 0.6) is 0 Å². The van der Waals surface area contributed by atoms with E-state index in [2.05, 4.69) is 0 Å². The van der Waals surface area contributed by atoms with Crippen molar-refractivity contribution >= 4 is 21.8 Å².